The molecule has 0 radical (unpaired) electrons. The number of ether oxygens (including phenoxy) is 1. The second kappa shape index (κ2) is 7.02. The van der Waals surface area contributed by atoms with Gasteiger partial charge in [0.2, 0.25) is 0 Å². The van der Waals surface area contributed by atoms with E-state index in [4.69, 9.17) is 33.1 Å². The van der Waals surface area contributed by atoms with Crippen molar-refractivity contribution < 1.29 is 14.1 Å². The van der Waals surface area contributed by atoms with Gasteiger partial charge in [-0.1, -0.05) is 16.8 Å². The molecule has 1 amide bonds. The van der Waals surface area contributed by atoms with Gasteiger partial charge in [0, 0.05) is 12.7 Å². The van der Waals surface area contributed by atoms with Gasteiger partial charge in [-0.2, -0.15) is 4.98 Å². The minimum absolute atomic E-state index is 0.307. The molecule has 2 heterocycles. The van der Waals surface area contributed by atoms with E-state index in [1.54, 1.807) is 25.2 Å². The Labute approximate surface area is 148 Å². The topological polar surface area (TPSA) is 92.5 Å². The third-order valence-electron chi connectivity index (χ3n) is 3.45. The van der Waals surface area contributed by atoms with Crippen molar-refractivity contribution in [2.24, 2.45) is 0 Å². The molecule has 8 nitrogen and oxygen atoms in total. The van der Waals surface area contributed by atoms with Gasteiger partial charge in [0.25, 0.3) is 5.89 Å². The lowest BCUT2D eigenvalue weighted by molar-refractivity contribution is 0.143. The van der Waals surface area contributed by atoms with Gasteiger partial charge < -0.3 is 19.9 Å². The lowest BCUT2D eigenvalue weighted by Crippen LogP contribution is -2.39. The summed E-state index contributed by atoms with van der Waals surface area (Å²) in [5.41, 5.74) is 1.23. The van der Waals surface area contributed by atoms with Crippen LogP contribution in [0.25, 0.3) is 11.5 Å². The van der Waals surface area contributed by atoms with Gasteiger partial charge in [-0.05, 0) is 30.4 Å². The van der Waals surface area contributed by atoms with Crippen molar-refractivity contribution in [2.45, 2.75) is 6.10 Å². The first-order valence-electron chi connectivity index (χ1n) is 7.09. The Hall–Kier alpha value is -2.39. The number of thiocarbonyl (C=S) groups is 1. The highest BCUT2D eigenvalue weighted by Crippen LogP contribution is 2.31. The van der Waals surface area contributed by atoms with Gasteiger partial charge in [0.05, 0.1) is 23.7 Å². The molecule has 24 heavy (non-hydrogen) atoms. The van der Waals surface area contributed by atoms with Crippen molar-refractivity contribution >= 4 is 40.7 Å². The molecule has 2 aromatic rings. The highest BCUT2D eigenvalue weighted by atomic mass is 35.5. The molecule has 0 saturated carbocycles. The van der Waals surface area contributed by atoms with E-state index < -0.39 is 6.09 Å². The molecular formula is C14H14ClN5O3S. The summed E-state index contributed by atoms with van der Waals surface area (Å²) in [5, 5.41) is 10.2. The fourth-order valence-corrected chi connectivity index (χ4v) is 2.61. The van der Waals surface area contributed by atoms with E-state index in [2.05, 4.69) is 20.8 Å². The number of halogens is 1. The van der Waals surface area contributed by atoms with Crippen LogP contribution in [0, 0.1) is 0 Å². The number of nitrogens with zero attached hydrogens (tertiary/aromatic N) is 3. The van der Waals surface area contributed by atoms with Crippen molar-refractivity contribution in [2.75, 3.05) is 25.0 Å². The fourth-order valence-electron chi connectivity index (χ4n) is 2.27. The zero-order valence-corrected chi connectivity index (χ0v) is 14.2. The minimum Gasteiger partial charge on any atom is -0.442 e. The standard InChI is InChI=1S/C14H14ClN5O3S/c1-16-13(24)17-5-9-6-20(14(21)22-9)8-2-3-10(11(15)4-8)12-18-7-19-23-12/h2-4,7,9H,5-6H2,1H3,(H2,16,17,24). The Bertz CT molecular complexity index is 755. The zero-order valence-electron chi connectivity index (χ0n) is 12.7. The van der Waals surface area contributed by atoms with E-state index in [1.165, 1.54) is 11.2 Å². The first kappa shape index (κ1) is 16.5. The van der Waals surface area contributed by atoms with Crippen LogP contribution >= 0.6 is 23.8 Å². The van der Waals surface area contributed by atoms with E-state index in [9.17, 15) is 4.79 Å². The molecule has 1 fully saturated rings. The predicted octanol–water partition coefficient (Wildman–Crippen LogP) is 1.81. The van der Waals surface area contributed by atoms with Crippen LogP contribution in [0.15, 0.2) is 29.0 Å². The number of nitrogens with one attached hydrogen (secondary N) is 2. The number of anilines is 1. The number of hydrogen-bond donors (Lipinski definition) is 2. The number of benzene rings is 1. The molecule has 1 aliphatic heterocycles. The molecule has 1 atom stereocenters. The first-order chi connectivity index (χ1) is 11.6. The zero-order chi connectivity index (χ0) is 17.1. The maximum absolute atomic E-state index is 12.1. The Balaban J connectivity index is 1.71. The molecule has 0 spiro atoms. The molecule has 126 valence electrons. The van der Waals surface area contributed by atoms with Gasteiger partial charge in [-0.3, -0.25) is 4.90 Å². The van der Waals surface area contributed by atoms with Crippen molar-refractivity contribution in [3.63, 3.8) is 0 Å². The van der Waals surface area contributed by atoms with Crippen molar-refractivity contribution in [3.8, 4) is 11.5 Å². The second-order valence-electron chi connectivity index (χ2n) is 4.99. The number of cyclic esters (lactones) is 1. The van der Waals surface area contributed by atoms with E-state index in [-0.39, 0.29) is 6.10 Å². The second-order valence-corrected chi connectivity index (χ2v) is 5.80. The van der Waals surface area contributed by atoms with Crippen molar-refractivity contribution in [1.82, 2.24) is 20.8 Å². The molecule has 1 aromatic heterocycles. The summed E-state index contributed by atoms with van der Waals surface area (Å²) in [4.78, 5) is 17.5. The lowest BCUT2D eigenvalue weighted by Gasteiger charge is -2.14. The van der Waals surface area contributed by atoms with Crippen molar-refractivity contribution in [3.05, 3.63) is 29.5 Å². The predicted molar refractivity (Wildman–Crippen MR) is 92.0 cm³/mol. The Morgan fingerprint density at radius 2 is 2.38 bits per heavy atom. The van der Waals surface area contributed by atoms with Gasteiger partial charge >= 0.3 is 6.09 Å². The molecule has 1 saturated heterocycles. The minimum atomic E-state index is -0.432. The molecule has 1 unspecified atom stereocenters. The molecule has 3 rings (SSSR count). The number of amides is 1. The summed E-state index contributed by atoms with van der Waals surface area (Å²) < 4.78 is 10.3. The van der Waals surface area contributed by atoms with E-state index >= 15 is 0 Å². The summed E-state index contributed by atoms with van der Waals surface area (Å²) >= 11 is 11.3. The molecule has 0 bridgehead atoms. The lowest BCUT2D eigenvalue weighted by atomic mass is 10.2. The molecule has 10 heteroatoms. The van der Waals surface area contributed by atoms with Gasteiger partial charge in [-0.25, -0.2) is 4.79 Å². The summed E-state index contributed by atoms with van der Waals surface area (Å²) in [7, 11) is 1.72. The van der Waals surface area contributed by atoms with Crippen LogP contribution in [0.5, 0.6) is 0 Å². The summed E-state index contributed by atoms with van der Waals surface area (Å²) in [6.45, 7) is 0.824. The van der Waals surface area contributed by atoms with Crippen LogP contribution in [0.4, 0.5) is 10.5 Å². The van der Waals surface area contributed by atoms with Crippen LogP contribution in [0.1, 0.15) is 0 Å². The van der Waals surface area contributed by atoms with Gasteiger partial charge in [-0.15, -0.1) is 0 Å². The van der Waals surface area contributed by atoms with E-state index in [0.29, 0.717) is 40.4 Å². The van der Waals surface area contributed by atoms with Crippen LogP contribution in [-0.4, -0.2) is 47.6 Å². The van der Waals surface area contributed by atoms with Crippen molar-refractivity contribution in [1.29, 1.82) is 0 Å². The number of rotatable bonds is 4. The summed E-state index contributed by atoms with van der Waals surface area (Å²) in [5.74, 6) is 0.318. The van der Waals surface area contributed by atoms with Gasteiger partial charge in [0.1, 0.15) is 6.10 Å². The average Bonchev–Trinajstić information content (AvgIpc) is 3.22. The smallest absolute Gasteiger partial charge is 0.414 e. The normalized spacial score (nSPS) is 16.8. The highest BCUT2D eigenvalue weighted by molar-refractivity contribution is 7.80. The van der Waals surface area contributed by atoms with E-state index in [1.807, 2.05) is 0 Å². The average molecular weight is 368 g/mol. The highest BCUT2D eigenvalue weighted by Gasteiger charge is 2.32. The molecule has 2 N–H and O–H groups in total. The van der Waals surface area contributed by atoms with Crippen LogP contribution in [-0.2, 0) is 4.74 Å². The molecule has 1 aliphatic rings. The largest absolute Gasteiger partial charge is 0.442 e. The van der Waals surface area contributed by atoms with E-state index in [0.717, 1.165) is 0 Å². The third kappa shape index (κ3) is 3.41. The number of carbonyl (C=O) groups excluding carboxylic acids is 1. The molecule has 1 aromatic carbocycles. The number of hydrogen-bond acceptors (Lipinski definition) is 6. The monoisotopic (exact) mass is 367 g/mol. The third-order valence-corrected chi connectivity index (χ3v) is 4.11. The Kier molecular flexibility index (Phi) is 4.81. The van der Waals surface area contributed by atoms with Crippen LogP contribution < -0.4 is 15.5 Å². The summed E-state index contributed by atoms with van der Waals surface area (Å²) in [6, 6.07) is 5.14. The Morgan fingerprint density at radius 3 is 3.04 bits per heavy atom. The fraction of sp³-hybridized carbons (Fsp3) is 0.286. The number of carbonyl (C=O) groups is 1. The van der Waals surface area contributed by atoms with Crippen LogP contribution in [0.3, 0.4) is 0 Å². The molecule has 0 aliphatic carbocycles. The summed E-state index contributed by atoms with van der Waals surface area (Å²) in [6.07, 6.45) is 0.557. The maximum Gasteiger partial charge on any atom is 0.414 e. The maximum atomic E-state index is 12.1. The number of aromatic nitrogens is 2. The SMILES string of the molecule is CNC(=S)NCC1CN(c2ccc(-c3ncno3)c(Cl)c2)C(=O)O1. The van der Waals surface area contributed by atoms with Crippen LogP contribution in [0.2, 0.25) is 5.02 Å². The van der Waals surface area contributed by atoms with Gasteiger partial charge in [0.15, 0.2) is 11.4 Å². The quantitative estimate of drug-likeness (QED) is 0.790. The molecular weight excluding hydrogens is 354 g/mol. The Morgan fingerprint density at radius 1 is 1.54 bits per heavy atom. The first-order valence-corrected chi connectivity index (χ1v) is 7.87.